The molecule has 4 rings (SSSR count). The van der Waals surface area contributed by atoms with E-state index in [0.29, 0.717) is 0 Å². The van der Waals surface area contributed by atoms with Gasteiger partial charge in [-0.1, -0.05) is 24.3 Å². The largest absolute Gasteiger partial charge is 0.377 e. The van der Waals surface area contributed by atoms with E-state index in [2.05, 4.69) is 15.8 Å². The van der Waals surface area contributed by atoms with Gasteiger partial charge in [-0.25, -0.2) is 8.76 Å². The fourth-order valence-electron chi connectivity index (χ4n) is 3.57. The molecule has 1 saturated heterocycles. The average Bonchev–Trinajstić information content (AvgIpc) is 3.12. The summed E-state index contributed by atoms with van der Waals surface area (Å²) in [5, 5.41) is 12.4. The number of ether oxygens (including phenoxy) is 1. The van der Waals surface area contributed by atoms with Crippen molar-refractivity contribution in [2.75, 3.05) is 19.7 Å². The zero-order valence-electron chi connectivity index (χ0n) is 15.3. The lowest BCUT2D eigenvalue weighted by Gasteiger charge is -2.19. The van der Waals surface area contributed by atoms with Gasteiger partial charge in [-0.3, -0.25) is 0 Å². The van der Waals surface area contributed by atoms with E-state index in [-0.39, 0.29) is 11.7 Å². The van der Waals surface area contributed by atoms with Crippen molar-refractivity contribution in [3.8, 4) is 27.6 Å². The van der Waals surface area contributed by atoms with Crippen LogP contribution in [-0.4, -0.2) is 30.2 Å². The molecule has 1 fully saturated rings. The van der Waals surface area contributed by atoms with Crippen molar-refractivity contribution < 1.29 is 9.13 Å². The van der Waals surface area contributed by atoms with E-state index in [1.807, 2.05) is 24.3 Å². The third-order valence-corrected chi connectivity index (χ3v) is 5.67. The number of aromatic nitrogens is 1. The minimum Gasteiger partial charge on any atom is -0.377 e. The summed E-state index contributed by atoms with van der Waals surface area (Å²) >= 11 is 1.42. The van der Waals surface area contributed by atoms with Gasteiger partial charge in [0.2, 0.25) is 0 Å². The van der Waals surface area contributed by atoms with Gasteiger partial charge in [-0.2, -0.15) is 5.26 Å². The number of nitrogens with one attached hydrogen (secondary N) is 1. The van der Waals surface area contributed by atoms with Crippen LogP contribution in [0.1, 0.15) is 17.5 Å². The Morgan fingerprint density at radius 2 is 2.21 bits per heavy atom. The fourth-order valence-corrected chi connectivity index (χ4v) is 4.25. The zero-order chi connectivity index (χ0) is 19.3. The second-order valence-corrected chi connectivity index (χ2v) is 7.61. The molecular weight excluding hydrogens is 373 g/mol. The van der Waals surface area contributed by atoms with Crippen molar-refractivity contribution in [3.63, 3.8) is 0 Å². The Bertz CT molecular complexity index is 990. The highest BCUT2D eigenvalue weighted by molar-refractivity contribution is 7.09. The van der Waals surface area contributed by atoms with Crippen LogP contribution in [0.3, 0.4) is 0 Å². The summed E-state index contributed by atoms with van der Waals surface area (Å²) in [6, 6.07) is 14.7. The number of nitrogens with zero attached hydrogens (tertiary/aromatic N) is 2. The van der Waals surface area contributed by atoms with Crippen LogP contribution in [0.5, 0.6) is 0 Å². The maximum absolute atomic E-state index is 14.3. The SMILES string of the molecule is N#Cc1ccc(-c2cccc(CC3CNCCCO3)c2-c2ccns2)cc1F. The van der Waals surface area contributed by atoms with Crippen molar-refractivity contribution in [1.82, 2.24) is 9.69 Å². The van der Waals surface area contributed by atoms with E-state index in [4.69, 9.17) is 10.00 Å². The van der Waals surface area contributed by atoms with E-state index >= 15 is 0 Å². The van der Waals surface area contributed by atoms with Crippen LogP contribution in [0.25, 0.3) is 21.6 Å². The van der Waals surface area contributed by atoms with Crippen molar-refractivity contribution in [2.45, 2.75) is 18.9 Å². The molecule has 28 heavy (non-hydrogen) atoms. The third kappa shape index (κ3) is 3.97. The first-order chi connectivity index (χ1) is 13.8. The molecule has 2 heterocycles. The fraction of sp³-hybridized carbons (Fsp3) is 0.273. The summed E-state index contributed by atoms with van der Waals surface area (Å²) in [4.78, 5) is 1.04. The van der Waals surface area contributed by atoms with Gasteiger partial charge >= 0.3 is 0 Å². The number of rotatable bonds is 4. The lowest BCUT2D eigenvalue weighted by atomic mass is 9.91. The molecule has 0 aliphatic carbocycles. The van der Waals surface area contributed by atoms with Crippen LogP contribution in [0.2, 0.25) is 0 Å². The third-order valence-electron chi connectivity index (χ3n) is 4.91. The summed E-state index contributed by atoms with van der Waals surface area (Å²) in [6.07, 6.45) is 3.67. The zero-order valence-corrected chi connectivity index (χ0v) is 16.1. The molecule has 142 valence electrons. The van der Waals surface area contributed by atoms with Crippen molar-refractivity contribution in [1.29, 1.82) is 5.26 Å². The second kappa shape index (κ2) is 8.61. The molecule has 1 atom stereocenters. The van der Waals surface area contributed by atoms with Crippen molar-refractivity contribution in [2.24, 2.45) is 0 Å². The van der Waals surface area contributed by atoms with Gasteiger partial charge in [0.25, 0.3) is 0 Å². The second-order valence-electron chi connectivity index (χ2n) is 6.78. The quantitative estimate of drug-likeness (QED) is 0.713. The molecule has 0 spiro atoms. The molecule has 3 aromatic rings. The van der Waals surface area contributed by atoms with Gasteiger partial charge in [0.05, 0.1) is 16.5 Å². The molecule has 1 aromatic heterocycles. The Kier molecular flexibility index (Phi) is 5.77. The number of hydrogen-bond acceptors (Lipinski definition) is 5. The van der Waals surface area contributed by atoms with Gasteiger partial charge in [0.1, 0.15) is 11.9 Å². The predicted octanol–water partition coefficient (Wildman–Crippen LogP) is 4.41. The van der Waals surface area contributed by atoms with Gasteiger partial charge in [0, 0.05) is 31.3 Å². The lowest BCUT2D eigenvalue weighted by Crippen LogP contribution is -2.28. The van der Waals surface area contributed by atoms with Crippen molar-refractivity contribution >= 4 is 11.5 Å². The maximum Gasteiger partial charge on any atom is 0.141 e. The van der Waals surface area contributed by atoms with Gasteiger partial charge in [-0.15, -0.1) is 0 Å². The number of halogens is 1. The molecule has 0 saturated carbocycles. The molecule has 0 bridgehead atoms. The Labute approximate surface area is 167 Å². The Hall–Kier alpha value is -2.59. The van der Waals surface area contributed by atoms with E-state index in [9.17, 15) is 4.39 Å². The summed E-state index contributed by atoms with van der Waals surface area (Å²) in [5.74, 6) is -0.503. The Morgan fingerprint density at radius 3 is 3.00 bits per heavy atom. The van der Waals surface area contributed by atoms with E-state index in [0.717, 1.165) is 59.7 Å². The van der Waals surface area contributed by atoms with E-state index < -0.39 is 5.82 Å². The average molecular weight is 393 g/mol. The lowest BCUT2D eigenvalue weighted by molar-refractivity contribution is 0.0676. The highest BCUT2D eigenvalue weighted by Gasteiger charge is 2.19. The smallest absolute Gasteiger partial charge is 0.141 e. The standard InChI is InChI=1S/C22H20FN3OS/c23-20-12-15(5-6-17(20)13-24)19-4-1-3-16(22(19)21-7-9-26-28-21)11-18-14-25-8-2-10-27-18/h1,3-7,9,12,18,25H,2,8,10-11,14H2. The molecule has 2 aromatic carbocycles. The highest BCUT2D eigenvalue weighted by atomic mass is 32.1. The first kappa shape index (κ1) is 18.8. The Balaban J connectivity index is 1.78. The van der Waals surface area contributed by atoms with E-state index in [1.54, 1.807) is 12.3 Å². The topological polar surface area (TPSA) is 57.9 Å². The van der Waals surface area contributed by atoms with Crippen LogP contribution in [0.15, 0.2) is 48.7 Å². The predicted molar refractivity (Wildman–Crippen MR) is 109 cm³/mol. The van der Waals surface area contributed by atoms with Gasteiger partial charge in [-0.05, 0) is 59.4 Å². The van der Waals surface area contributed by atoms with E-state index in [1.165, 1.54) is 23.7 Å². The molecule has 1 aliphatic rings. The number of hydrogen-bond donors (Lipinski definition) is 1. The first-order valence-electron chi connectivity index (χ1n) is 9.31. The molecule has 0 amide bonds. The molecule has 4 nitrogen and oxygen atoms in total. The van der Waals surface area contributed by atoms with Crippen LogP contribution < -0.4 is 5.32 Å². The molecule has 1 N–H and O–H groups in total. The molecule has 0 radical (unpaired) electrons. The minimum absolute atomic E-state index is 0.0529. The highest BCUT2D eigenvalue weighted by Crippen LogP contribution is 2.38. The Morgan fingerprint density at radius 1 is 1.29 bits per heavy atom. The first-order valence-corrected chi connectivity index (χ1v) is 10.1. The maximum atomic E-state index is 14.3. The van der Waals surface area contributed by atoms with Crippen molar-refractivity contribution in [3.05, 3.63) is 65.6 Å². The minimum atomic E-state index is -0.503. The monoisotopic (exact) mass is 393 g/mol. The van der Waals surface area contributed by atoms with Crippen LogP contribution in [0.4, 0.5) is 4.39 Å². The summed E-state index contributed by atoms with van der Waals surface area (Å²) < 4.78 is 24.5. The van der Waals surface area contributed by atoms with Gasteiger partial charge in [0.15, 0.2) is 0 Å². The molecule has 1 unspecified atom stereocenters. The molecular formula is C22H20FN3OS. The van der Waals surface area contributed by atoms with Crippen LogP contribution >= 0.6 is 11.5 Å². The number of benzene rings is 2. The summed E-state index contributed by atoms with van der Waals surface area (Å²) in [6.45, 7) is 2.55. The molecule has 6 heteroatoms. The summed E-state index contributed by atoms with van der Waals surface area (Å²) in [5.41, 5.74) is 3.95. The summed E-state index contributed by atoms with van der Waals surface area (Å²) in [7, 11) is 0. The van der Waals surface area contributed by atoms with Gasteiger partial charge < -0.3 is 10.1 Å². The normalized spacial score (nSPS) is 17.1. The van der Waals surface area contributed by atoms with Crippen LogP contribution in [-0.2, 0) is 11.2 Å². The van der Waals surface area contributed by atoms with Crippen LogP contribution in [0, 0.1) is 17.1 Å². The number of nitriles is 1. The molecule has 1 aliphatic heterocycles.